The number of halogens is 1. The number of thiophene rings is 1. The summed E-state index contributed by atoms with van der Waals surface area (Å²) in [7, 11) is -4.06. The first-order valence-corrected chi connectivity index (χ1v) is 14.2. The summed E-state index contributed by atoms with van der Waals surface area (Å²) in [4.78, 5) is 24.5. The SMILES string of the molecule is C[Si](C)(C)OC(=O)c1cc(Cl)sc1C(=O)O[Si](C)(C)C. The van der Waals surface area contributed by atoms with E-state index in [1.807, 2.05) is 39.3 Å². The fourth-order valence-corrected chi connectivity index (χ4v) is 3.81. The highest BCUT2D eigenvalue weighted by molar-refractivity contribution is 7.18. The van der Waals surface area contributed by atoms with Crippen LogP contribution in [0.15, 0.2) is 6.07 Å². The zero-order valence-electron chi connectivity index (χ0n) is 12.5. The van der Waals surface area contributed by atoms with Crippen LogP contribution in [0.25, 0.3) is 0 Å². The highest BCUT2D eigenvalue weighted by Crippen LogP contribution is 2.29. The lowest BCUT2D eigenvalue weighted by Crippen LogP contribution is -2.31. The zero-order valence-corrected chi connectivity index (χ0v) is 16.1. The first kappa shape index (κ1) is 17.4. The van der Waals surface area contributed by atoms with Gasteiger partial charge in [0.15, 0.2) is 0 Å². The minimum Gasteiger partial charge on any atom is -0.516 e. The summed E-state index contributed by atoms with van der Waals surface area (Å²) in [6.07, 6.45) is 0. The number of hydrogen-bond acceptors (Lipinski definition) is 5. The van der Waals surface area contributed by atoms with Crippen molar-refractivity contribution < 1.29 is 18.4 Å². The molecule has 0 unspecified atom stereocenters. The molecule has 0 aliphatic carbocycles. The molecule has 4 nitrogen and oxygen atoms in total. The third-order valence-electron chi connectivity index (χ3n) is 1.91. The van der Waals surface area contributed by atoms with Gasteiger partial charge in [-0.05, 0) is 45.3 Å². The third-order valence-corrected chi connectivity index (χ3v) is 4.74. The topological polar surface area (TPSA) is 52.6 Å². The second-order valence-electron chi connectivity index (χ2n) is 6.30. The van der Waals surface area contributed by atoms with Gasteiger partial charge >= 0.3 is 11.9 Å². The summed E-state index contributed by atoms with van der Waals surface area (Å²) in [5, 5.41) is 0. The van der Waals surface area contributed by atoms with Crippen molar-refractivity contribution >= 4 is 51.5 Å². The molecule has 1 heterocycles. The van der Waals surface area contributed by atoms with Crippen LogP contribution in [0.3, 0.4) is 0 Å². The normalized spacial score (nSPS) is 12.2. The summed E-state index contributed by atoms with van der Waals surface area (Å²) in [6, 6.07) is 1.47. The smallest absolute Gasteiger partial charge is 0.335 e. The summed E-state index contributed by atoms with van der Waals surface area (Å²) in [5.74, 6) is -1.00. The van der Waals surface area contributed by atoms with Gasteiger partial charge in [0.05, 0.1) is 9.90 Å². The van der Waals surface area contributed by atoms with Crippen LogP contribution in [-0.2, 0) is 8.85 Å². The molecule has 0 fully saturated rings. The van der Waals surface area contributed by atoms with Crippen LogP contribution in [0.2, 0.25) is 43.6 Å². The maximum absolute atomic E-state index is 12.1. The molecule has 0 aliphatic heterocycles. The Hall–Kier alpha value is -0.636. The van der Waals surface area contributed by atoms with Gasteiger partial charge in [0.25, 0.3) is 0 Å². The summed E-state index contributed by atoms with van der Waals surface area (Å²) in [6.45, 7) is 11.4. The Kier molecular flexibility index (Phi) is 5.23. The zero-order chi connectivity index (χ0) is 15.7. The van der Waals surface area contributed by atoms with Crippen molar-refractivity contribution in [2.24, 2.45) is 0 Å². The lowest BCUT2D eigenvalue weighted by Gasteiger charge is -2.19. The molecule has 0 atom stereocenters. The van der Waals surface area contributed by atoms with Crippen molar-refractivity contribution in [2.45, 2.75) is 39.3 Å². The Morgan fingerprint density at radius 1 is 1.00 bits per heavy atom. The van der Waals surface area contributed by atoms with E-state index in [1.165, 1.54) is 6.07 Å². The van der Waals surface area contributed by atoms with Gasteiger partial charge < -0.3 is 8.85 Å². The standard InChI is InChI=1S/C12H19ClO4SSi2/c1-19(2,3)16-11(14)8-7-9(13)18-10(8)12(15)17-20(4,5)6/h7H,1-6H3. The lowest BCUT2D eigenvalue weighted by atomic mass is 10.2. The van der Waals surface area contributed by atoms with Crippen molar-refractivity contribution in [1.29, 1.82) is 0 Å². The van der Waals surface area contributed by atoms with E-state index in [0.717, 1.165) is 11.3 Å². The first-order chi connectivity index (χ1) is 8.89. The Balaban J connectivity index is 3.05. The molecule has 1 aromatic heterocycles. The van der Waals surface area contributed by atoms with Gasteiger partial charge in [-0.25, -0.2) is 9.59 Å². The molecule has 1 rings (SSSR count). The van der Waals surface area contributed by atoms with Gasteiger partial charge in [-0.15, -0.1) is 11.3 Å². The molecule has 0 amide bonds. The number of rotatable bonds is 4. The molecule has 0 aliphatic rings. The molecule has 0 radical (unpaired) electrons. The van der Waals surface area contributed by atoms with E-state index in [2.05, 4.69) is 0 Å². The highest BCUT2D eigenvalue weighted by Gasteiger charge is 2.30. The van der Waals surface area contributed by atoms with Crippen LogP contribution in [-0.4, -0.2) is 28.6 Å². The van der Waals surface area contributed by atoms with Crippen molar-refractivity contribution in [3.05, 3.63) is 20.8 Å². The Morgan fingerprint density at radius 3 is 1.90 bits per heavy atom. The first-order valence-electron chi connectivity index (χ1n) is 6.15. The molecule has 0 bridgehead atoms. The van der Waals surface area contributed by atoms with E-state index in [1.54, 1.807) is 0 Å². The number of hydrogen-bond donors (Lipinski definition) is 0. The molecule has 112 valence electrons. The molecule has 0 spiro atoms. The molecule has 20 heavy (non-hydrogen) atoms. The quantitative estimate of drug-likeness (QED) is 0.756. The molecule has 0 saturated heterocycles. The maximum atomic E-state index is 12.1. The van der Waals surface area contributed by atoms with Crippen molar-refractivity contribution in [3.63, 3.8) is 0 Å². The van der Waals surface area contributed by atoms with E-state index < -0.39 is 28.6 Å². The van der Waals surface area contributed by atoms with Gasteiger partial charge in [0.1, 0.15) is 4.88 Å². The van der Waals surface area contributed by atoms with Crippen LogP contribution >= 0.6 is 22.9 Å². The summed E-state index contributed by atoms with van der Waals surface area (Å²) < 4.78 is 11.2. The third kappa shape index (κ3) is 5.39. The van der Waals surface area contributed by atoms with Gasteiger partial charge in [-0.2, -0.15) is 0 Å². The summed E-state index contributed by atoms with van der Waals surface area (Å²) >= 11 is 6.97. The second kappa shape index (κ2) is 6.01. The molecule has 0 N–H and O–H groups in total. The monoisotopic (exact) mass is 350 g/mol. The largest absolute Gasteiger partial charge is 0.516 e. The summed E-state index contributed by atoms with van der Waals surface area (Å²) in [5.41, 5.74) is 0.200. The Morgan fingerprint density at radius 2 is 1.45 bits per heavy atom. The van der Waals surface area contributed by atoms with Gasteiger partial charge in [0, 0.05) is 0 Å². The van der Waals surface area contributed by atoms with Gasteiger partial charge in [-0.3, -0.25) is 0 Å². The van der Waals surface area contributed by atoms with Crippen molar-refractivity contribution in [1.82, 2.24) is 0 Å². The maximum Gasteiger partial charge on any atom is 0.335 e. The average Bonchev–Trinajstić information content (AvgIpc) is 2.55. The molecular formula is C12H19ClO4SSi2. The molecular weight excluding hydrogens is 332 g/mol. The van der Waals surface area contributed by atoms with E-state index in [9.17, 15) is 9.59 Å². The average molecular weight is 351 g/mol. The van der Waals surface area contributed by atoms with Crippen LogP contribution in [0.4, 0.5) is 0 Å². The van der Waals surface area contributed by atoms with Gasteiger partial charge in [-0.1, -0.05) is 11.6 Å². The fraction of sp³-hybridized carbons (Fsp3) is 0.500. The Bertz CT molecular complexity index is 483. The van der Waals surface area contributed by atoms with Crippen LogP contribution < -0.4 is 0 Å². The molecule has 1 aromatic rings. The highest BCUT2D eigenvalue weighted by atomic mass is 35.5. The van der Waals surface area contributed by atoms with Gasteiger partial charge in [0.2, 0.25) is 16.6 Å². The number of carbonyl (C=O) groups is 2. The van der Waals surface area contributed by atoms with Crippen LogP contribution in [0, 0.1) is 0 Å². The minimum atomic E-state index is -2.03. The van der Waals surface area contributed by atoms with Crippen molar-refractivity contribution in [2.75, 3.05) is 0 Å². The van der Waals surface area contributed by atoms with Crippen molar-refractivity contribution in [3.8, 4) is 0 Å². The predicted octanol–water partition coefficient (Wildman–Crippen LogP) is 4.38. The van der Waals surface area contributed by atoms with Crippen LogP contribution in [0.5, 0.6) is 0 Å². The second-order valence-corrected chi connectivity index (χ2v) is 16.8. The van der Waals surface area contributed by atoms with E-state index in [0.29, 0.717) is 4.34 Å². The Labute approximate surface area is 130 Å². The molecule has 0 saturated carbocycles. The molecule has 8 heteroatoms. The van der Waals surface area contributed by atoms with Crippen LogP contribution in [0.1, 0.15) is 20.0 Å². The molecule has 0 aromatic carbocycles. The fourth-order valence-electron chi connectivity index (χ4n) is 1.32. The van der Waals surface area contributed by atoms with E-state index >= 15 is 0 Å². The predicted molar refractivity (Wildman–Crippen MR) is 86.9 cm³/mol. The minimum absolute atomic E-state index is 0.200. The van der Waals surface area contributed by atoms with E-state index in [-0.39, 0.29) is 10.4 Å². The lowest BCUT2D eigenvalue weighted by molar-refractivity contribution is 0.0685. The van der Waals surface area contributed by atoms with E-state index in [4.69, 9.17) is 20.5 Å². The number of carbonyl (C=O) groups excluding carboxylic acids is 2.